The number of unbranched alkanes of at least 4 members (excludes halogenated alkanes) is 1. The van der Waals surface area contributed by atoms with Crippen molar-refractivity contribution >= 4 is 33.5 Å². The monoisotopic (exact) mass is 430 g/mol. The molecule has 0 atom stereocenters. The topological polar surface area (TPSA) is 93.1 Å². The standard InChI is InChI=1S/C26H22O6/c27-25(28)21-13-11-17-7-1-3-9-19(17)23(21)31-15-5-6-16-32-24-20-10-4-2-8-18(20)12-14-22(24)26(29)30/h1-4,7-14H,5-6,15-16H2,(H,27,28)(H,29,30). The Balaban J connectivity index is 1.41. The fourth-order valence-electron chi connectivity index (χ4n) is 3.69. The lowest BCUT2D eigenvalue weighted by Gasteiger charge is -2.14. The number of hydrogen-bond acceptors (Lipinski definition) is 4. The van der Waals surface area contributed by atoms with Crippen LogP contribution in [0.5, 0.6) is 11.5 Å². The van der Waals surface area contributed by atoms with Crippen LogP contribution in [-0.2, 0) is 0 Å². The molecule has 0 fully saturated rings. The largest absolute Gasteiger partial charge is 0.492 e. The predicted octanol–water partition coefficient (Wildman–Crippen LogP) is 5.63. The summed E-state index contributed by atoms with van der Waals surface area (Å²) in [5.41, 5.74) is 0.253. The Morgan fingerprint density at radius 2 is 1.00 bits per heavy atom. The Bertz CT molecular complexity index is 1190. The number of hydrogen-bond donors (Lipinski definition) is 2. The molecule has 4 aromatic rings. The molecule has 0 amide bonds. The van der Waals surface area contributed by atoms with E-state index in [0.717, 1.165) is 21.5 Å². The van der Waals surface area contributed by atoms with Gasteiger partial charge in [0.25, 0.3) is 0 Å². The number of carbonyl (C=O) groups is 2. The highest BCUT2D eigenvalue weighted by Crippen LogP contribution is 2.31. The van der Waals surface area contributed by atoms with Gasteiger partial charge in [-0.05, 0) is 35.7 Å². The van der Waals surface area contributed by atoms with Crippen LogP contribution in [0.1, 0.15) is 33.6 Å². The molecule has 0 aromatic heterocycles. The highest BCUT2D eigenvalue weighted by atomic mass is 16.5. The van der Waals surface area contributed by atoms with Crippen molar-refractivity contribution in [3.05, 3.63) is 83.9 Å². The van der Waals surface area contributed by atoms with E-state index in [4.69, 9.17) is 9.47 Å². The van der Waals surface area contributed by atoms with Gasteiger partial charge in [-0.25, -0.2) is 9.59 Å². The first-order valence-electron chi connectivity index (χ1n) is 10.3. The summed E-state index contributed by atoms with van der Waals surface area (Å²) in [7, 11) is 0. The third kappa shape index (κ3) is 4.34. The maximum Gasteiger partial charge on any atom is 0.339 e. The summed E-state index contributed by atoms with van der Waals surface area (Å²) in [6.45, 7) is 0.637. The van der Waals surface area contributed by atoms with Crippen LogP contribution in [0.15, 0.2) is 72.8 Å². The molecule has 4 aromatic carbocycles. The van der Waals surface area contributed by atoms with E-state index in [2.05, 4.69) is 0 Å². The van der Waals surface area contributed by atoms with Gasteiger partial charge in [-0.15, -0.1) is 0 Å². The van der Waals surface area contributed by atoms with Crippen molar-refractivity contribution in [3.8, 4) is 11.5 Å². The van der Waals surface area contributed by atoms with Crippen molar-refractivity contribution in [2.24, 2.45) is 0 Å². The minimum absolute atomic E-state index is 0.127. The second-order valence-corrected chi connectivity index (χ2v) is 7.34. The molecule has 0 heterocycles. The maximum absolute atomic E-state index is 11.6. The zero-order chi connectivity index (χ0) is 22.5. The summed E-state index contributed by atoms with van der Waals surface area (Å²) in [4.78, 5) is 23.2. The second kappa shape index (κ2) is 9.39. The normalized spacial score (nSPS) is 10.9. The predicted molar refractivity (Wildman–Crippen MR) is 122 cm³/mol. The second-order valence-electron chi connectivity index (χ2n) is 7.34. The molecule has 4 rings (SSSR count). The van der Waals surface area contributed by atoms with Gasteiger partial charge in [0.15, 0.2) is 0 Å². The number of carboxylic acids is 2. The van der Waals surface area contributed by atoms with Gasteiger partial charge in [-0.1, -0.05) is 60.7 Å². The average molecular weight is 430 g/mol. The number of rotatable bonds is 9. The first-order valence-corrected chi connectivity index (χ1v) is 10.3. The molecule has 6 heteroatoms. The van der Waals surface area contributed by atoms with E-state index in [1.807, 2.05) is 48.5 Å². The van der Waals surface area contributed by atoms with E-state index < -0.39 is 11.9 Å². The fraction of sp³-hybridized carbons (Fsp3) is 0.154. The third-order valence-electron chi connectivity index (χ3n) is 5.25. The van der Waals surface area contributed by atoms with E-state index >= 15 is 0 Å². The Hall–Kier alpha value is -4.06. The first-order chi connectivity index (χ1) is 15.6. The third-order valence-corrected chi connectivity index (χ3v) is 5.25. The van der Waals surface area contributed by atoms with Gasteiger partial charge in [-0.3, -0.25) is 0 Å². The summed E-state index contributed by atoms with van der Waals surface area (Å²) < 4.78 is 11.7. The maximum atomic E-state index is 11.6. The van der Waals surface area contributed by atoms with Crippen LogP contribution >= 0.6 is 0 Å². The lowest BCUT2D eigenvalue weighted by Crippen LogP contribution is -2.08. The summed E-state index contributed by atoms with van der Waals surface area (Å²) >= 11 is 0. The molecule has 0 aliphatic carbocycles. The zero-order valence-electron chi connectivity index (χ0n) is 17.3. The van der Waals surface area contributed by atoms with E-state index in [0.29, 0.717) is 37.6 Å². The number of ether oxygens (including phenoxy) is 2. The lowest BCUT2D eigenvalue weighted by molar-refractivity contribution is 0.0680. The molecule has 0 aliphatic heterocycles. The first kappa shape index (κ1) is 21.2. The summed E-state index contributed by atoms with van der Waals surface area (Å²) in [6, 6.07) is 21.6. The molecule has 0 unspecified atom stereocenters. The Morgan fingerprint density at radius 3 is 1.41 bits per heavy atom. The van der Waals surface area contributed by atoms with Gasteiger partial charge in [-0.2, -0.15) is 0 Å². The zero-order valence-corrected chi connectivity index (χ0v) is 17.3. The Kier molecular flexibility index (Phi) is 6.22. The van der Waals surface area contributed by atoms with Crippen LogP contribution in [-0.4, -0.2) is 35.4 Å². The number of carboxylic acid groups (broad SMARTS) is 2. The smallest absolute Gasteiger partial charge is 0.339 e. The van der Waals surface area contributed by atoms with E-state index in [9.17, 15) is 19.8 Å². The Labute approximate surface area is 184 Å². The molecular formula is C26H22O6. The molecule has 0 bridgehead atoms. The van der Waals surface area contributed by atoms with Gasteiger partial charge in [0.2, 0.25) is 0 Å². The van der Waals surface area contributed by atoms with Crippen LogP contribution in [0.25, 0.3) is 21.5 Å². The molecule has 162 valence electrons. The molecule has 0 saturated heterocycles. The van der Waals surface area contributed by atoms with Gasteiger partial charge in [0, 0.05) is 10.8 Å². The minimum Gasteiger partial charge on any atom is -0.492 e. The number of aromatic carboxylic acids is 2. The van der Waals surface area contributed by atoms with Crippen molar-refractivity contribution in [3.63, 3.8) is 0 Å². The highest BCUT2D eigenvalue weighted by molar-refractivity contribution is 6.01. The van der Waals surface area contributed by atoms with Crippen molar-refractivity contribution in [1.29, 1.82) is 0 Å². The molecular weight excluding hydrogens is 408 g/mol. The minimum atomic E-state index is -1.04. The van der Waals surface area contributed by atoms with Crippen LogP contribution in [0, 0.1) is 0 Å². The summed E-state index contributed by atoms with van der Waals surface area (Å²) in [5.74, 6) is -1.35. The molecule has 6 nitrogen and oxygen atoms in total. The van der Waals surface area contributed by atoms with Crippen LogP contribution < -0.4 is 9.47 Å². The van der Waals surface area contributed by atoms with Crippen molar-refractivity contribution in [2.45, 2.75) is 12.8 Å². The molecule has 0 radical (unpaired) electrons. The fourth-order valence-corrected chi connectivity index (χ4v) is 3.69. The number of benzene rings is 4. The van der Waals surface area contributed by atoms with Crippen molar-refractivity contribution < 1.29 is 29.3 Å². The Morgan fingerprint density at radius 1 is 0.594 bits per heavy atom. The molecule has 32 heavy (non-hydrogen) atoms. The summed E-state index contributed by atoms with van der Waals surface area (Å²) in [5, 5.41) is 22.3. The van der Waals surface area contributed by atoms with Gasteiger partial charge < -0.3 is 19.7 Å². The van der Waals surface area contributed by atoms with E-state index in [-0.39, 0.29) is 11.1 Å². The van der Waals surface area contributed by atoms with Crippen molar-refractivity contribution in [1.82, 2.24) is 0 Å². The van der Waals surface area contributed by atoms with Gasteiger partial charge in [0.1, 0.15) is 22.6 Å². The molecule has 2 N–H and O–H groups in total. The summed E-state index contributed by atoms with van der Waals surface area (Å²) in [6.07, 6.45) is 1.24. The molecule has 0 aliphatic rings. The van der Waals surface area contributed by atoms with Crippen LogP contribution in [0.2, 0.25) is 0 Å². The van der Waals surface area contributed by atoms with Gasteiger partial charge in [0.05, 0.1) is 13.2 Å². The number of fused-ring (bicyclic) bond motifs is 2. The van der Waals surface area contributed by atoms with E-state index in [1.54, 1.807) is 24.3 Å². The average Bonchev–Trinajstić information content (AvgIpc) is 2.80. The quantitative estimate of drug-likeness (QED) is 0.335. The lowest BCUT2D eigenvalue weighted by atomic mass is 10.1. The van der Waals surface area contributed by atoms with Crippen molar-refractivity contribution in [2.75, 3.05) is 13.2 Å². The SMILES string of the molecule is O=C(O)c1ccc2ccccc2c1OCCCCOc1c(C(=O)O)ccc2ccccc12. The molecule has 0 saturated carbocycles. The van der Waals surface area contributed by atoms with Crippen LogP contribution in [0.3, 0.4) is 0 Å². The molecule has 0 spiro atoms. The van der Waals surface area contributed by atoms with Crippen LogP contribution in [0.4, 0.5) is 0 Å². The van der Waals surface area contributed by atoms with E-state index in [1.165, 1.54) is 0 Å². The highest BCUT2D eigenvalue weighted by Gasteiger charge is 2.16. The van der Waals surface area contributed by atoms with Gasteiger partial charge >= 0.3 is 11.9 Å².